The molecule has 4 fully saturated rings. The van der Waals surface area contributed by atoms with Crippen molar-refractivity contribution in [3.8, 4) is 0 Å². The molecule has 2 saturated carbocycles. The maximum absolute atomic E-state index is 13.0. The van der Waals surface area contributed by atoms with Crippen molar-refractivity contribution < 1.29 is 34.4 Å². The average Bonchev–Trinajstić information content (AvgIpc) is 3.16. The van der Waals surface area contributed by atoms with Gasteiger partial charge in [-0.25, -0.2) is 0 Å². The van der Waals surface area contributed by atoms with E-state index in [1.807, 2.05) is 6.92 Å². The molecule has 0 aromatic carbocycles. The maximum Gasteiger partial charge on any atom is 0.306 e. The van der Waals surface area contributed by atoms with Gasteiger partial charge in [0.2, 0.25) is 5.91 Å². The number of imide groups is 1. The highest BCUT2D eigenvalue weighted by Gasteiger charge is 2.68. The second kappa shape index (κ2) is 9.46. The fraction of sp³-hybridized carbons (Fsp3) is 0.731. The number of hydrogen-bond acceptors (Lipinski definition) is 6. The first kappa shape index (κ1) is 24.9. The van der Waals surface area contributed by atoms with Gasteiger partial charge < -0.3 is 20.1 Å². The van der Waals surface area contributed by atoms with Gasteiger partial charge in [0.1, 0.15) is 11.4 Å². The lowest BCUT2D eigenvalue weighted by molar-refractivity contribution is -0.170. The van der Waals surface area contributed by atoms with Gasteiger partial charge in [0, 0.05) is 0 Å². The quantitative estimate of drug-likeness (QED) is 0.192. The van der Waals surface area contributed by atoms with Gasteiger partial charge in [-0.1, -0.05) is 51.7 Å². The van der Waals surface area contributed by atoms with Gasteiger partial charge in [-0.2, -0.15) is 0 Å². The first-order chi connectivity index (χ1) is 16.2. The molecular formula is C26H37NO7. The fourth-order valence-corrected chi connectivity index (χ4v) is 7.08. The van der Waals surface area contributed by atoms with Gasteiger partial charge in [-0.3, -0.25) is 19.7 Å². The molecule has 0 aromatic rings. The van der Waals surface area contributed by atoms with Crippen LogP contribution in [0, 0.1) is 35.5 Å². The standard InChI is InChI=1S/C26H37NO7/c1-4-6-7-8-9-15-18(24(30)27-23(15)29)21-19-17-13(3)11-14(25(31)32)12-16(17)20(28)22(34-21)26(19,33)10-5-2/h5,10,13-17,19-20,22,28,33H,4,6-9,11-12H2,1-3H3,(H,31,32)(H,27,29,30)/b10-5+,21-18+/t13-,14+,15+,16+,17+,19+,20-,22+,26?/m0/s1. The van der Waals surface area contributed by atoms with Crippen molar-refractivity contribution in [2.75, 3.05) is 0 Å². The van der Waals surface area contributed by atoms with Gasteiger partial charge in [0.05, 0.1) is 29.4 Å². The number of ether oxygens (including phenoxy) is 1. The van der Waals surface area contributed by atoms with E-state index in [9.17, 15) is 29.7 Å². The Hall–Kier alpha value is -2.19. The highest BCUT2D eigenvalue weighted by molar-refractivity contribution is 6.15. The Morgan fingerprint density at radius 2 is 1.97 bits per heavy atom. The molecule has 0 spiro atoms. The van der Waals surface area contributed by atoms with Crippen LogP contribution < -0.4 is 5.32 Å². The molecule has 2 heterocycles. The zero-order valence-electron chi connectivity index (χ0n) is 20.2. The molecule has 2 bridgehead atoms. The Balaban J connectivity index is 1.79. The second-order valence-electron chi connectivity index (χ2n) is 10.6. The van der Waals surface area contributed by atoms with Crippen LogP contribution in [-0.4, -0.2) is 50.9 Å². The minimum absolute atomic E-state index is 0.127. The van der Waals surface area contributed by atoms with Crippen molar-refractivity contribution in [1.29, 1.82) is 0 Å². The molecule has 188 valence electrons. The van der Waals surface area contributed by atoms with Crippen LogP contribution >= 0.6 is 0 Å². The summed E-state index contributed by atoms with van der Waals surface area (Å²) in [7, 11) is 0. The minimum Gasteiger partial charge on any atom is -0.488 e. The molecule has 4 aliphatic rings. The first-order valence-electron chi connectivity index (χ1n) is 12.7. The molecular weight excluding hydrogens is 438 g/mol. The number of aliphatic carboxylic acids is 1. The number of fused-ring (bicyclic) bond motifs is 4. The van der Waals surface area contributed by atoms with Crippen molar-refractivity contribution in [3.63, 3.8) is 0 Å². The molecule has 2 saturated heterocycles. The summed E-state index contributed by atoms with van der Waals surface area (Å²) >= 11 is 0. The van der Waals surface area contributed by atoms with E-state index < -0.39 is 47.4 Å². The topological polar surface area (TPSA) is 133 Å². The lowest BCUT2D eigenvalue weighted by Crippen LogP contribution is -2.62. The molecule has 8 heteroatoms. The second-order valence-corrected chi connectivity index (χ2v) is 10.6. The number of amides is 2. The molecule has 4 N–H and O–H groups in total. The van der Waals surface area contributed by atoms with Gasteiger partial charge in [-0.15, -0.1) is 0 Å². The minimum atomic E-state index is -1.54. The summed E-state index contributed by atoms with van der Waals surface area (Å²) in [5, 5.41) is 35.2. The molecule has 8 nitrogen and oxygen atoms in total. The number of carbonyl (C=O) groups is 3. The molecule has 34 heavy (non-hydrogen) atoms. The summed E-state index contributed by atoms with van der Waals surface area (Å²) < 4.78 is 6.23. The molecule has 1 unspecified atom stereocenters. The summed E-state index contributed by atoms with van der Waals surface area (Å²) in [6.45, 7) is 5.82. The summed E-state index contributed by atoms with van der Waals surface area (Å²) in [4.78, 5) is 37.5. The van der Waals surface area contributed by atoms with Crippen LogP contribution in [0.2, 0.25) is 0 Å². The number of aliphatic hydroxyl groups excluding tert-OH is 1. The Bertz CT molecular complexity index is 911. The van der Waals surface area contributed by atoms with Crippen LogP contribution in [0.15, 0.2) is 23.5 Å². The normalized spacial score (nSPS) is 43.7. The van der Waals surface area contributed by atoms with Gasteiger partial charge in [-0.05, 0) is 43.9 Å². The van der Waals surface area contributed by atoms with E-state index in [4.69, 9.17) is 4.74 Å². The lowest BCUT2D eigenvalue weighted by atomic mass is 9.53. The van der Waals surface area contributed by atoms with Gasteiger partial charge >= 0.3 is 5.97 Å². The van der Waals surface area contributed by atoms with E-state index in [0.717, 1.165) is 25.7 Å². The zero-order valence-corrected chi connectivity index (χ0v) is 20.2. The van der Waals surface area contributed by atoms with E-state index in [1.165, 1.54) is 0 Å². The van der Waals surface area contributed by atoms with Crippen LogP contribution in [0.1, 0.15) is 65.7 Å². The number of carbonyl (C=O) groups excluding carboxylic acids is 2. The summed E-state index contributed by atoms with van der Waals surface area (Å²) in [6.07, 6.45) is 6.32. The smallest absolute Gasteiger partial charge is 0.306 e. The summed E-state index contributed by atoms with van der Waals surface area (Å²) in [5.74, 6) is -4.05. The van der Waals surface area contributed by atoms with Crippen LogP contribution in [0.3, 0.4) is 0 Å². The molecule has 0 aromatic heterocycles. The van der Waals surface area contributed by atoms with E-state index in [2.05, 4.69) is 12.2 Å². The Morgan fingerprint density at radius 1 is 1.24 bits per heavy atom. The molecule has 2 aliphatic heterocycles. The monoisotopic (exact) mass is 475 g/mol. The van der Waals surface area contributed by atoms with Crippen molar-refractivity contribution >= 4 is 17.8 Å². The van der Waals surface area contributed by atoms with Crippen LogP contribution in [0.5, 0.6) is 0 Å². The van der Waals surface area contributed by atoms with Gasteiger partial charge in [0.25, 0.3) is 5.91 Å². The van der Waals surface area contributed by atoms with Crippen LogP contribution in [0.25, 0.3) is 0 Å². The van der Waals surface area contributed by atoms with Crippen LogP contribution in [0.4, 0.5) is 0 Å². The number of allylic oxidation sites excluding steroid dienone is 1. The van der Waals surface area contributed by atoms with Gasteiger partial charge in [0.15, 0.2) is 6.10 Å². The number of rotatable bonds is 7. The summed E-state index contributed by atoms with van der Waals surface area (Å²) in [5.41, 5.74) is -1.27. The highest BCUT2D eigenvalue weighted by Crippen LogP contribution is 2.60. The largest absolute Gasteiger partial charge is 0.488 e. The number of nitrogens with one attached hydrogen (secondary N) is 1. The third-order valence-electron chi connectivity index (χ3n) is 8.53. The Morgan fingerprint density at radius 3 is 2.62 bits per heavy atom. The molecule has 9 atom stereocenters. The number of hydrogen-bond donors (Lipinski definition) is 4. The van der Waals surface area contributed by atoms with E-state index in [0.29, 0.717) is 25.0 Å². The first-order valence-corrected chi connectivity index (χ1v) is 12.7. The lowest BCUT2D eigenvalue weighted by Gasteiger charge is -2.52. The SMILES string of the molecule is C/C=C/C1(O)[C@@H]2O/C(=C3/C(=O)NC(=O)[C@@H]3CCCCCC)[C@H]1[C@H]1[C@@H](C[C@H](C(=O)O)C[C@@H]1C)[C@@H]2O. The predicted molar refractivity (Wildman–Crippen MR) is 123 cm³/mol. The highest BCUT2D eigenvalue weighted by atomic mass is 16.5. The van der Waals surface area contributed by atoms with Crippen molar-refractivity contribution in [1.82, 2.24) is 5.32 Å². The third kappa shape index (κ3) is 3.88. The third-order valence-corrected chi connectivity index (χ3v) is 8.53. The van der Waals surface area contributed by atoms with E-state index in [-0.39, 0.29) is 29.2 Å². The predicted octanol–water partition coefficient (Wildman–Crippen LogP) is 2.54. The molecule has 2 amide bonds. The fourth-order valence-electron chi connectivity index (χ4n) is 7.08. The Kier molecular flexibility index (Phi) is 6.93. The number of carboxylic acid groups (broad SMARTS) is 1. The number of carboxylic acids is 1. The molecule has 4 rings (SSSR count). The van der Waals surface area contributed by atoms with Crippen molar-refractivity contribution in [2.24, 2.45) is 35.5 Å². The van der Waals surface area contributed by atoms with Crippen LogP contribution in [-0.2, 0) is 19.1 Å². The molecule has 2 aliphatic carbocycles. The van der Waals surface area contributed by atoms with E-state index in [1.54, 1.807) is 19.1 Å². The zero-order chi connectivity index (χ0) is 24.8. The number of aliphatic hydroxyl groups is 2. The maximum atomic E-state index is 13.0. The van der Waals surface area contributed by atoms with E-state index >= 15 is 0 Å². The number of unbranched alkanes of at least 4 members (excludes halogenated alkanes) is 3. The summed E-state index contributed by atoms with van der Waals surface area (Å²) in [6, 6.07) is 0. The van der Waals surface area contributed by atoms with Crippen molar-refractivity contribution in [3.05, 3.63) is 23.5 Å². The van der Waals surface area contributed by atoms with Crippen molar-refractivity contribution in [2.45, 2.75) is 83.5 Å². The molecule has 0 radical (unpaired) electrons. The average molecular weight is 476 g/mol. The Labute approximate surface area is 200 Å².